The van der Waals surface area contributed by atoms with Gasteiger partial charge in [-0.15, -0.1) is 0 Å². The maximum Gasteiger partial charge on any atom is 0.408 e. The summed E-state index contributed by atoms with van der Waals surface area (Å²) in [6.45, 7) is 7.89. The second-order valence-corrected chi connectivity index (χ2v) is 8.89. The third-order valence-electron chi connectivity index (χ3n) is 5.33. The summed E-state index contributed by atoms with van der Waals surface area (Å²) < 4.78 is 10.3. The number of methoxy groups -OCH3 is 1. The Hall–Kier alpha value is -1.79. The SMILES string of the molecule is COC(=O)C1C[C@@H](C)CN1C(=O)[C@@H](NC(=O)OC(C)(C)C)C1CCCCC1. The Bertz CT molecular complexity index is 551. The smallest absolute Gasteiger partial charge is 0.408 e. The minimum Gasteiger partial charge on any atom is -0.467 e. The zero-order valence-corrected chi connectivity index (χ0v) is 17.2. The van der Waals surface area contributed by atoms with E-state index in [1.54, 1.807) is 25.7 Å². The molecule has 0 aromatic rings. The van der Waals surface area contributed by atoms with Crippen molar-refractivity contribution in [3.63, 3.8) is 0 Å². The molecule has 2 fully saturated rings. The fraction of sp³-hybridized carbons (Fsp3) is 0.850. The Kier molecular flexibility index (Phi) is 7.12. The molecule has 1 heterocycles. The first-order chi connectivity index (χ1) is 12.6. The summed E-state index contributed by atoms with van der Waals surface area (Å²) in [6, 6.07) is -1.25. The zero-order chi connectivity index (χ0) is 20.2. The molecule has 7 heteroatoms. The van der Waals surface area contributed by atoms with Gasteiger partial charge in [0.15, 0.2) is 0 Å². The molecule has 1 unspecified atom stereocenters. The quantitative estimate of drug-likeness (QED) is 0.756. The normalized spacial score (nSPS) is 25.0. The van der Waals surface area contributed by atoms with Crippen LogP contribution in [0, 0.1) is 11.8 Å². The lowest BCUT2D eigenvalue weighted by molar-refractivity contribution is -0.152. The van der Waals surface area contributed by atoms with Gasteiger partial charge in [-0.3, -0.25) is 4.79 Å². The number of nitrogens with zero attached hydrogens (tertiary/aromatic N) is 1. The predicted molar refractivity (Wildman–Crippen MR) is 101 cm³/mol. The van der Waals surface area contributed by atoms with E-state index < -0.39 is 29.7 Å². The monoisotopic (exact) mass is 382 g/mol. The van der Waals surface area contributed by atoms with Crippen molar-refractivity contribution < 1.29 is 23.9 Å². The van der Waals surface area contributed by atoms with Crippen molar-refractivity contribution in [1.82, 2.24) is 10.2 Å². The molecule has 1 aliphatic heterocycles. The molecule has 0 radical (unpaired) electrons. The van der Waals surface area contributed by atoms with Crippen LogP contribution in [0.5, 0.6) is 0 Å². The van der Waals surface area contributed by atoms with Crippen LogP contribution in [0.2, 0.25) is 0 Å². The van der Waals surface area contributed by atoms with Crippen molar-refractivity contribution in [2.75, 3.05) is 13.7 Å². The Morgan fingerprint density at radius 1 is 1.11 bits per heavy atom. The molecule has 0 bridgehead atoms. The predicted octanol–water partition coefficient (Wildman–Crippen LogP) is 2.87. The van der Waals surface area contributed by atoms with Crippen molar-refractivity contribution in [3.8, 4) is 0 Å². The standard InChI is InChI=1S/C20H34N2O5/c1-13-11-15(18(24)26-5)22(12-13)17(23)16(14-9-7-6-8-10-14)21-19(25)27-20(2,3)4/h13-16H,6-12H2,1-5H3,(H,21,25)/t13-,15?,16+/m1/s1. The van der Waals surface area contributed by atoms with Gasteiger partial charge in [-0.2, -0.15) is 0 Å². The topological polar surface area (TPSA) is 84.9 Å². The van der Waals surface area contributed by atoms with E-state index in [2.05, 4.69) is 5.32 Å². The molecule has 0 aromatic heterocycles. The number of rotatable bonds is 4. The van der Waals surface area contributed by atoms with E-state index in [9.17, 15) is 14.4 Å². The van der Waals surface area contributed by atoms with Crippen LogP contribution in [0.1, 0.15) is 66.2 Å². The van der Waals surface area contributed by atoms with E-state index in [0.29, 0.717) is 13.0 Å². The minimum atomic E-state index is -0.669. The van der Waals surface area contributed by atoms with E-state index in [-0.39, 0.29) is 17.7 Å². The Labute approximate surface area is 162 Å². The molecule has 0 spiro atoms. The summed E-state index contributed by atoms with van der Waals surface area (Å²) >= 11 is 0. The first kappa shape index (κ1) is 21.5. The highest BCUT2D eigenvalue weighted by molar-refractivity contribution is 5.90. The number of alkyl carbamates (subject to hydrolysis) is 1. The lowest BCUT2D eigenvalue weighted by Gasteiger charge is -2.34. The van der Waals surface area contributed by atoms with Crippen molar-refractivity contribution in [1.29, 1.82) is 0 Å². The van der Waals surface area contributed by atoms with E-state index in [4.69, 9.17) is 9.47 Å². The van der Waals surface area contributed by atoms with E-state index in [1.165, 1.54) is 7.11 Å². The second kappa shape index (κ2) is 8.93. The summed E-state index contributed by atoms with van der Waals surface area (Å²) in [6.07, 6.45) is 5.00. The van der Waals surface area contributed by atoms with Crippen molar-refractivity contribution in [2.45, 2.75) is 83.9 Å². The third-order valence-corrected chi connectivity index (χ3v) is 5.33. The summed E-state index contributed by atoms with van der Waals surface area (Å²) in [4.78, 5) is 39.5. The molecule has 1 aliphatic carbocycles. The summed E-state index contributed by atoms with van der Waals surface area (Å²) in [5.41, 5.74) is -0.638. The number of carbonyl (C=O) groups excluding carboxylic acids is 3. The third kappa shape index (κ3) is 5.84. The number of nitrogens with one attached hydrogen (secondary N) is 1. The minimum absolute atomic E-state index is 0.0629. The molecule has 1 N–H and O–H groups in total. The maximum atomic E-state index is 13.4. The first-order valence-corrected chi connectivity index (χ1v) is 10.00. The van der Waals surface area contributed by atoms with Crippen LogP contribution >= 0.6 is 0 Å². The molecule has 2 aliphatic rings. The van der Waals surface area contributed by atoms with Crippen LogP contribution in [0.25, 0.3) is 0 Å². The van der Waals surface area contributed by atoms with Crippen LogP contribution in [0.3, 0.4) is 0 Å². The van der Waals surface area contributed by atoms with Crippen molar-refractivity contribution >= 4 is 18.0 Å². The fourth-order valence-electron chi connectivity index (χ4n) is 4.11. The van der Waals surface area contributed by atoms with E-state index >= 15 is 0 Å². The number of esters is 1. The molecule has 2 amide bonds. The van der Waals surface area contributed by atoms with Crippen LogP contribution in [-0.4, -0.2) is 54.2 Å². The zero-order valence-electron chi connectivity index (χ0n) is 17.2. The van der Waals surface area contributed by atoms with Gasteiger partial charge in [0.2, 0.25) is 5.91 Å². The van der Waals surface area contributed by atoms with Gasteiger partial charge in [0, 0.05) is 6.54 Å². The lowest BCUT2D eigenvalue weighted by Crippen LogP contribution is -2.55. The van der Waals surface area contributed by atoms with Crippen LogP contribution in [-0.2, 0) is 19.1 Å². The molecular weight excluding hydrogens is 348 g/mol. The molecule has 154 valence electrons. The van der Waals surface area contributed by atoms with E-state index in [0.717, 1.165) is 32.1 Å². The molecule has 2 rings (SSSR count). The van der Waals surface area contributed by atoms with Crippen LogP contribution < -0.4 is 5.32 Å². The maximum absolute atomic E-state index is 13.4. The fourth-order valence-corrected chi connectivity index (χ4v) is 4.11. The van der Waals surface area contributed by atoms with Crippen molar-refractivity contribution in [2.24, 2.45) is 11.8 Å². The Morgan fingerprint density at radius 3 is 2.30 bits per heavy atom. The average Bonchev–Trinajstić information content (AvgIpc) is 2.99. The highest BCUT2D eigenvalue weighted by atomic mass is 16.6. The number of ether oxygens (including phenoxy) is 2. The number of amides is 2. The molecule has 0 aromatic carbocycles. The van der Waals surface area contributed by atoms with Gasteiger partial charge in [0.25, 0.3) is 0 Å². The van der Waals surface area contributed by atoms with Crippen molar-refractivity contribution in [3.05, 3.63) is 0 Å². The van der Waals surface area contributed by atoms with Gasteiger partial charge < -0.3 is 19.7 Å². The van der Waals surface area contributed by atoms with Gasteiger partial charge in [0.05, 0.1) is 7.11 Å². The van der Waals surface area contributed by atoms with E-state index in [1.807, 2.05) is 6.92 Å². The lowest BCUT2D eigenvalue weighted by atomic mass is 9.83. The molecule has 3 atom stereocenters. The van der Waals surface area contributed by atoms with Crippen LogP contribution in [0.15, 0.2) is 0 Å². The first-order valence-electron chi connectivity index (χ1n) is 10.00. The molecule has 27 heavy (non-hydrogen) atoms. The van der Waals surface area contributed by atoms with Gasteiger partial charge in [-0.1, -0.05) is 26.2 Å². The van der Waals surface area contributed by atoms with Gasteiger partial charge >= 0.3 is 12.1 Å². The highest BCUT2D eigenvalue weighted by Crippen LogP contribution is 2.31. The summed E-state index contributed by atoms with van der Waals surface area (Å²) in [7, 11) is 1.34. The molecule has 1 saturated heterocycles. The molecular formula is C20H34N2O5. The van der Waals surface area contributed by atoms with Gasteiger partial charge in [-0.05, 0) is 51.9 Å². The summed E-state index contributed by atoms with van der Waals surface area (Å²) in [5, 5.41) is 2.81. The summed E-state index contributed by atoms with van der Waals surface area (Å²) in [5.74, 6) is -0.320. The van der Waals surface area contributed by atoms with Gasteiger partial charge in [-0.25, -0.2) is 9.59 Å². The molecule has 7 nitrogen and oxygen atoms in total. The van der Waals surface area contributed by atoms with Crippen LogP contribution in [0.4, 0.5) is 4.79 Å². The second-order valence-electron chi connectivity index (χ2n) is 8.89. The number of hydrogen-bond donors (Lipinski definition) is 1. The number of likely N-dealkylation sites (tertiary alicyclic amines) is 1. The largest absolute Gasteiger partial charge is 0.467 e. The number of hydrogen-bond acceptors (Lipinski definition) is 5. The Morgan fingerprint density at radius 2 is 1.74 bits per heavy atom. The molecule has 1 saturated carbocycles. The highest BCUT2D eigenvalue weighted by Gasteiger charge is 2.43. The number of carbonyl (C=O) groups is 3. The Balaban J connectivity index is 2.19. The average molecular weight is 383 g/mol. The van der Waals surface area contributed by atoms with Gasteiger partial charge in [0.1, 0.15) is 17.7 Å².